The first kappa shape index (κ1) is 21.3. The average Bonchev–Trinajstić information content (AvgIpc) is 2.57. The molecule has 3 rings (SSSR count). The highest BCUT2D eigenvalue weighted by Crippen LogP contribution is 2.25. The number of carbonyl (C=O) groups is 1. The summed E-state index contributed by atoms with van der Waals surface area (Å²) in [4.78, 5) is 16.7. The summed E-state index contributed by atoms with van der Waals surface area (Å²) in [5.74, 6) is 0.155. The lowest BCUT2D eigenvalue weighted by Crippen LogP contribution is -2.57. The zero-order valence-corrected chi connectivity index (χ0v) is 16.1. The van der Waals surface area contributed by atoms with E-state index in [4.69, 9.17) is 16.3 Å². The van der Waals surface area contributed by atoms with Crippen molar-refractivity contribution >= 4 is 48.0 Å². The summed E-state index contributed by atoms with van der Waals surface area (Å²) in [5, 5.41) is 3.98. The minimum Gasteiger partial charge on any atom is -0.378 e. The van der Waals surface area contributed by atoms with Gasteiger partial charge in [0.2, 0.25) is 5.91 Å². The fraction of sp³-hybridized carbons (Fsp3) is 0.562. The molecule has 2 saturated heterocycles. The third-order valence-corrected chi connectivity index (χ3v) is 4.56. The van der Waals surface area contributed by atoms with Crippen LogP contribution in [0, 0.1) is 6.92 Å². The van der Waals surface area contributed by atoms with E-state index in [-0.39, 0.29) is 36.8 Å². The molecule has 0 aromatic heterocycles. The van der Waals surface area contributed by atoms with E-state index in [0.717, 1.165) is 37.7 Å². The highest BCUT2D eigenvalue weighted by molar-refractivity contribution is 6.30. The van der Waals surface area contributed by atoms with Gasteiger partial charge in [-0.2, -0.15) is 0 Å². The average molecular weight is 397 g/mol. The number of aryl methyl sites for hydroxylation is 1. The van der Waals surface area contributed by atoms with Crippen LogP contribution >= 0.6 is 36.4 Å². The Morgan fingerprint density at radius 3 is 2.58 bits per heavy atom. The minimum absolute atomic E-state index is 0. The lowest BCUT2D eigenvalue weighted by atomic mass is 10.1. The van der Waals surface area contributed by atoms with E-state index in [9.17, 15) is 4.79 Å². The van der Waals surface area contributed by atoms with Crippen molar-refractivity contribution < 1.29 is 9.53 Å². The molecule has 136 valence electrons. The van der Waals surface area contributed by atoms with Crippen LogP contribution in [-0.4, -0.2) is 62.8 Å². The van der Waals surface area contributed by atoms with E-state index in [1.807, 2.05) is 23.1 Å². The zero-order chi connectivity index (χ0) is 15.5. The van der Waals surface area contributed by atoms with Gasteiger partial charge in [0, 0.05) is 43.4 Å². The first-order valence-electron chi connectivity index (χ1n) is 7.76. The molecule has 2 aliphatic rings. The number of halogens is 3. The van der Waals surface area contributed by atoms with Crippen molar-refractivity contribution in [2.75, 3.05) is 50.8 Å². The Bertz CT molecular complexity index is 545. The maximum absolute atomic E-state index is 12.5. The van der Waals surface area contributed by atoms with Crippen molar-refractivity contribution in [2.45, 2.75) is 13.0 Å². The van der Waals surface area contributed by atoms with Gasteiger partial charge in [-0.15, -0.1) is 24.8 Å². The number of benzene rings is 1. The Balaban J connectivity index is 0.00000144. The Morgan fingerprint density at radius 2 is 1.96 bits per heavy atom. The molecular formula is C16H24Cl3N3O2. The molecule has 0 radical (unpaired) electrons. The normalized spacial score (nSPS) is 20.8. The molecule has 1 N–H and O–H groups in total. The standard InChI is InChI=1S/C16H22ClN3O2.2ClH/c1-12-2-3-13(17)10-15(12)19-5-7-20(8-6-19)16(21)14-11-22-9-4-18-14;;/h2-3,10,14,18H,4-9,11H2,1H3;2*1H. The van der Waals surface area contributed by atoms with Gasteiger partial charge in [0.1, 0.15) is 6.04 Å². The van der Waals surface area contributed by atoms with Crippen molar-refractivity contribution in [2.24, 2.45) is 0 Å². The number of hydrogen-bond donors (Lipinski definition) is 1. The second-order valence-electron chi connectivity index (χ2n) is 5.82. The summed E-state index contributed by atoms with van der Waals surface area (Å²) < 4.78 is 5.38. The highest BCUT2D eigenvalue weighted by atomic mass is 35.5. The molecule has 24 heavy (non-hydrogen) atoms. The number of morpholine rings is 1. The summed E-state index contributed by atoms with van der Waals surface area (Å²) in [6, 6.07) is 5.77. The van der Waals surface area contributed by atoms with Crippen LogP contribution in [0.25, 0.3) is 0 Å². The number of ether oxygens (including phenoxy) is 1. The van der Waals surface area contributed by atoms with Crippen LogP contribution in [0.1, 0.15) is 5.56 Å². The smallest absolute Gasteiger partial charge is 0.242 e. The number of anilines is 1. The number of rotatable bonds is 2. The Hall–Kier alpha value is -0.720. The molecule has 0 bridgehead atoms. The van der Waals surface area contributed by atoms with Crippen molar-refractivity contribution in [3.63, 3.8) is 0 Å². The molecule has 1 unspecified atom stereocenters. The molecule has 5 nitrogen and oxygen atoms in total. The lowest BCUT2D eigenvalue weighted by molar-refractivity contribution is -0.136. The van der Waals surface area contributed by atoms with Gasteiger partial charge in [-0.25, -0.2) is 0 Å². The van der Waals surface area contributed by atoms with Crippen LogP contribution in [0.5, 0.6) is 0 Å². The first-order chi connectivity index (χ1) is 10.6. The van der Waals surface area contributed by atoms with E-state index in [2.05, 4.69) is 17.1 Å². The van der Waals surface area contributed by atoms with Gasteiger partial charge in [0.25, 0.3) is 0 Å². The maximum atomic E-state index is 12.5. The van der Waals surface area contributed by atoms with Crippen LogP contribution in [0.2, 0.25) is 5.02 Å². The number of nitrogens with zero attached hydrogens (tertiary/aromatic N) is 2. The second-order valence-corrected chi connectivity index (χ2v) is 6.26. The third kappa shape index (κ3) is 4.90. The number of nitrogens with one attached hydrogen (secondary N) is 1. The van der Waals surface area contributed by atoms with E-state index in [1.165, 1.54) is 11.3 Å². The molecule has 1 atom stereocenters. The number of amides is 1. The monoisotopic (exact) mass is 395 g/mol. The zero-order valence-electron chi connectivity index (χ0n) is 13.7. The number of carbonyl (C=O) groups excluding carboxylic acids is 1. The van der Waals surface area contributed by atoms with E-state index in [0.29, 0.717) is 13.2 Å². The maximum Gasteiger partial charge on any atom is 0.242 e. The third-order valence-electron chi connectivity index (χ3n) is 4.32. The van der Waals surface area contributed by atoms with Crippen LogP contribution in [-0.2, 0) is 9.53 Å². The molecule has 0 spiro atoms. The largest absolute Gasteiger partial charge is 0.378 e. The number of hydrogen-bond acceptors (Lipinski definition) is 4. The summed E-state index contributed by atoms with van der Waals surface area (Å²) in [6.07, 6.45) is 0. The van der Waals surface area contributed by atoms with Crippen molar-refractivity contribution in [1.29, 1.82) is 0 Å². The van der Waals surface area contributed by atoms with Crippen molar-refractivity contribution in [3.05, 3.63) is 28.8 Å². The van der Waals surface area contributed by atoms with Crippen LogP contribution < -0.4 is 10.2 Å². The molecule has 0 aliphatic carbocycles. The summed E-state index contributed by atoms with van der Waals surface area (Å²) in [6.45, 7) is 7.15. The second kappa shape index (κ2) is 9.68. The fourth-order valence-corrected chi connectivity index (χ4v) is 3.20. The van der Waals surface area contributed by atoms with Gasteiger partial charge < -0.3 is 19.9 Å². The van der Waals surface area contributed by atoms with Crippen LogP contribution in [0.3, 0.4) is 0 Å². The van der Waals surface area contributed by atoms with E-state index in [1.54, 1.807) is 0 Å². The lowest BCUT2D eigenvalue weighted by Gasteiger charge is -2.38. The Labute approximate surface area is 160 Å². The molecule has 2 aliphatic heterocycles. The van der Waals surface area contributed by atoms with E-state index >= 15 is 0 Å². The molecule has 1 aromatic rings. The summed E-state index contributed by atoms with van der Waals surface area (Å²) in [7, 11) is 0. The summed E-state index contributed by atoms with van der Waals surface area (Å²) in [5.41, 5.74) is 2.38. The number of piperazine rings is 1. The van der Waals surface area contributed by atoms with Gasteiger partial charge >= 0.3 is 0 Å². The van der Waals surface area contributed by atoms with Gasteiger partial charge in [-0.05, 0) is 24.6 Å². The Morgan fingerprint density at radius 1 is 1.25 bits per heavy atom. The molecule has 2 fully saturated rings. The van der Waals surface area contributed by atoms with Crippen LogP contribution in [0.15, 0.2) is 18.2 Å². The fourth-order valence-electron chi connectivity index (χ4n) is 3.04. The predicted octanol–water partition coefficient (Wildman–Crippen LogP) is 2.13. The van der Waals surface area contributed by atoms with E-state index < -0.39 is 0 Å². The molecule has 0 saturated carbocycles. The molecule has 1 amide bonds. The topological polar surface area (TPSA) is 44.8 Å². The summed E-state index contributed by atoms with van der Waals surface area (Å²) >= 11 is 6.10. The van der Waals surface area contributed by atoms with Crippen molar-refractivity contribution in [3.8, 4) is 0 Å². The molecule has 8 heteroatoms. The van der Waals surface area contributed by atoms with Gasteiger partial charge in [-0.3, -0.25) is 4.79 Å². The van der Waals surface area contributed by atoms with Crippen molar-refractivity contribution in [1.82, 2.24) is 10.2 Å². The van der Waals surface area contributed by atoms with Gasteiger partial charge in [0.05, 0.1) is 13.2 Å². The predicted molar refractivity (Wildman–Crippen MR) is 102 cm³/mol. The first-order valence-corrected chi connectivity index (χ1v) is 8.14. The highest BCUT2D eigenvalue weighted by Gasteiger charge is 2.29. The van der Waals surface area contributed by atoms with Crippen LogP contribution in [0.4, 0.5) is 5.69 Å². The molecule has 2 heterocycles. The quantitative estimate of drug-likeness (QED) is 0.832. The minimum atomic E-state index is -0.187. The van der Waals surface area contributed by atoms with Gasteiger partial charge in [0.15, 0.2) is 0 Å². The van der Waals surface area contributed by atoms with Gasteiger partial charge in [-0.1, -0.05) is 17.7 Å². The SMILES string of the molecule is Cc1ccc(Cl)cc1N1CCN(C(=O)C2COCCN2)CC1.Cl.Cl. The molecule has 1 aromatic carbocycles. The Kier molecular flexibility index (Phi) is 8.60. The molecular weight excluding hydrogens is 373 g/mol.